The molecular formula is C9H11ClN2O3. The Balaban J connectivity index is 3.28. The lowest BCUT2D eigenvalue weighted by Crippen LogP contribution is -2.31. The van der Waals surface area contributed by atoms with E-state index in [1.807, 2.05) is 0 Å². The second-order valence-electron chi connectivity index (χ2n) is 3.40. The summed E-state index contributed by atoms with van der Waals surface area (Å²) < 4.78 is 0. The van der Waals surface area contributed by atoms with Gasteiger partial charge in [-0.15, -0.1) is 0 Å². The standard InChI is InChI=1S/C9H11ClN2O3/c1-9(13,5-11)7-4-6(12(14)15)2-3-8(7)10/h2-4,13H,5,11H2,1H3. The van der Waals surface area contributed by atoms with E-state index >= 15 is 0 Å². The Labute approximate surface area is 91.6 Å². The molecule has 0 saturated carbocycles. The molecule has 0 spiro atoms. The molecule has 0 radical (unpaired) electrons. The Bertz CT molecular complexity index is 393. The van der Waals surface area contributed by atoms with E-state index in [0.29, 0.717) is 0 Å². The van der Waals surface area contributed by atoms with Crippen LogP contribution in [0.2, 0.25) is 5.02 Å². The molecule has 1 aromatic carbocycles. The zero-order valence-electron chi connectivity index (χ0n) is 8.11. The maximum atomic E-state index is 10.5. The highest BCUT2D eigenvalue weighted by Gasteiger charge is 2.26. The minimum absolute atomic E-state index is 0.0616. The van der Waals surface area contributed by atoms with Gasteiger partial charge in [0.2, 0.25) is 0 Å². The van der Waals surface area contributed by atoms with Gasteiger partial charge in [-0.25, -0.2) is 0 Å². The fourth-order valence-corrected chi connectivity index (χ4v) is 1.47. The smallest absolute Gasteiger partial charge is 0.269 e. The van der Waals surface area contributed by atoms with Crippen LogP contribution < -0.4 is 5.73 Å². The predicted molar refractivity (Wildman–Crippen MR) is 56.7 cm³/mol. The van der Waals surface area contributed by atoms with Crippen molar-refractivity contribution in [1.29, 1.82) is 0 Å². The molecule has 82 valence electrons. The van der Waals surface area contributed by atoms with Crippen molar-refractivity contribution in [2.45, 2.75) is 12.5 Å². The first kappa shape index (κ1) is 11.9. The van der Waals surface area contributed by atoms with Crippen molar-refractivity contribution < 1.29 is 10.0 Å². The maximum Gasteiger partial charge on any atom is 0.269 e. The van der Waals surface area contributed by atoms with Crippen LogP contribution in [0.15, 0.2) is 18.2 Å². The SMILES string of the molecule is CC(O)(CN)c1cc([N+](=O)[O-])ccc1Cl. The number of aliphatic hydroxyl groups is 1. The van der Waals surface area contributed by atoms with Crippen molar-refractivity contribution in [3.8, 4) is 0 Å². The van der Waals surface area contributed by atoms with Crippen molar-refractivity contribution in [1.82, 2.24) is 0 Å². The summed E-state index contributed by atoms with van der Waals surface area (Å²) in [6, 6.07) is 3.88. The van der Waals surface area contributed by atoms with Crippen molar-refractivity contribution in [3.05, 3.63) is 38.9 Å². The third kappa shape index (κ3) is 2.44. The van der Waals surface area contributed by atoms with Crippen molar-refractivity contribution >= 4 is 17.3 Å². The first-order valence-electron chi connectivity index (χ1n) is 4.25. The first-order valence-corrected chi connectivity index (χ1v) is 4.63. The summed E-state index contributed by atoms with van der Waals surface area (Å²) in [7, 11) is 0. The van der Waals surface area contributed by atoms with Gasteiger partial charge in [-0.05, 0) is 13.0 Å². The lowest BCUT2D eigenvalue weighted by atomic mass is 9.96. The summed E-state index contributed by atoms with van der Waals surface area (Å²) >= 11 is 5.83. The van der Waals surface area contributed by atoms with E-state index < -0.39 is 10.5 Å². The Kier molecular flexibility index (Phi) is 3.28. The molecule has 1 aromatic rings. The van der Waals surface area contributed by atoms with Gasteiger partial charge in [0.25, 0.3) is 5.69 Å². The number of nitro groups is 1. The van der Waals surface area contributed by atoms with Crippen LogP contribution in [0.4, 0.5) is 5.69 Å². The number of rotatable bonds is 3. The second-order valence-corrected chi connectivity index (χ2v) is 3.81. The largest absolute Gasteiger partial charge is 0.384 e. The maximum absolute atomic E-state index is 10.5. The molecule has 1 unspecified atom stereocenters. The Hall–Kier alpha value is -1.17. The molecule has 0 aromatic heterocycles. The number of benzene rings is 1. The highest BCUT2D eigenvalue weighted by atomic mass is 35.5. The van der Waals surface area contributed by atoms with Gasteiger partial charge >= 0.3 is 0 Å². The Morgan fingerprint density at radius 2 is 2.27 bits per heavy atom. The average molecular weight is 231 g/mol. The molecule has 0 aliphatic carbocycles. The van der Waals surface area contributed by atoms with Crippen LogP contribution in [-0.4, -0.2) is 16.6 Å². The van der Waals surface area contributed by atoms with Gasteiger partial charge in [-0.3, -0.25) is 10.1 Å². The average Bonchev–Trinajstić information content (AvgIpc) is 2.17. The van der Waals surface area contributed by atoms with E-state index in [9.17, 15) is 15.2 Å². The number of non-ortho nitro benzene ring substituents is 1. The van der Waals surface area contributed by atoms with Crippen molar-refractivity contribution in [2.75, 3.05) is 6.54 Å². The van der Waals surface area contributed by atoms with Gasteiger partial charge in [0.1, 0.15) is 5.60 Å². The zero-order chi connectivity index (χ0) is 11.6. The van der Waals surface area contributed by atoms with Crippen LogP contribution in [0, 0.1) is 10.1 Å². The summed E-state index contributed by atoms with van der Waals surface area (Å²) in [6.45, 7) is 1.39. The number of hydrogen-bond acceptors (Lipinski definition) is 4. The van der Waals surface area contributed by atoms with Gasteiger partial charge in [0.05, 0.1) is 4.92 Å². The summed E-state index contributed by atoms with van der Waals surface area (Å²) in [5, 5.41) is 20.6. The molecule has 0 aliphatic rings. The third-order valence-corrected chi connectivity index (χ3v) is 2.47. The lowest BCUT2D eigenvalue weighted by Gasteiger charge is -2.22. The molecule has 0 saturated heterocycles. The van der Waals surface area contributed by atoms with Crippen molar-refractivity contribution in [3.63, 3.8) is 0 Å². The molecule has 0 bridgehead atoms. The number of hydrogen-bond donors (Lipinski definition) is 2. The quantitative estimate of drug-likeness (QED) is 0.607. The van der Waals surface area contributed by atoms with E-state index in [-0.39, 0.29) is 22.8 Å². The molecule has 6 heteroatoms. The molecule has 0 fully saturated rings. The van der Waals surface area contributed by atoms with Crippen LogP contribution >= 0.6 is 11.6 Å². The fourth-order valence-electron chi connectivity index (χ4n) is 1.15. The molecule has 0 amide bonds. The minimum Gasteiger partial charge on any atom is -0.384 e. The van der Waals surface area contributed by atoms with Crippen LogP contribution in [0.25, 0.3) is 0 Å². The van der Waals surface area contributed by atoms with E-state index in [2.05, 4.69) is 0 Å². The highest BCUT2D eigenvalue weighted by Crippen LogP contribution is 2.30. The molecule has 0 aliphatic heterocycles. The van der Waals surface area contributed by atoms with E-state index in [1.165, 1.54) is 25.1 Å². The number of nitrogens with zero attached hydrogens (tertiary/aromatic N) is 1. The topological polar surface area (TPSA) is 89.4 Å². The molecule has 15 heavy (non-hydrogen) atoms. The molecule has 3 N–H and O–H groups in total. The summed E-state index contributed by atoms with van der Waals surface area (Å²) in [6.07, 6.45) is 0. The predicted octanol–water partition coefficient (Wildman–Crippen LogP) is 1.41. The highest BCUT2D eigenvalue weighted by molar-refractivity contribution is 6.31. The van der Waals surface area contributed by atoms with Gasteiger partial charge in [0, 0.05) is 29.3 Å². The fraction of sp³-hybridized carbons (Fsp3) is 0.333. The van der Waals surface area contributed by atoms with Gasteiger partial charge < -0.3 is 10.8 Å². The van der Waals surface area contributed by atoms with E-state index in [1.54, 1.807) is 0 Å². The van der Waals surface area contributed by atoms with E-state index in [4.69, 9.17) is 17.3 Å². The number of halogens is 1. The van der Waals surface area contributed by atoms with E-state index in [0.717, 1.165) is 0 Å². The van der Waals surface area contributed by atoms with Crippen LogP contribution in [0.3, 0.4) is 0 Å². The molecule has 1 rings (SSSR count). The number of nitrogens with two attached hydrogens (primary N) is 1. The molecule has 5 nitrogen and oxygen atoms in total. The van der Waals surface area contributed by atoms with Gasteiger partial charge in [0.15, 0.2) is 0 Å². The van der Waals surface area contributed by atoms with Crippen LogP contribution in [-0.2, 0) is 5.60 Å². The monoisotopic (exact) mass is 230 g/mol. The summed E-state index contributed by atoms with van der Waals surface area (Å²) in [5.41, 5.74) is 4.14. The normalized spacial score (nSPS) is 14.7. The van der Waals surface area contributed by atoms with Crippen LogP contribution in [0.1, 0.15) is 12.5 Å². The first-order chi connectivity index (χ1) is 6.88. The molecular weight excluding hydrogens is 220 g/mol. The zero-order valence-corrected chi connectivity index (χ0v) is 8.86. The summed E-state index contributed by atoms with van der Waals surface area (Å²) in [4.78, 5) is 9.98. The third-order valence-electron chi connectivity index (χ3n) is 2.14. The lowest BCUT2D eigenvalue weighted by molar-refractivity contribution is -0.385. The van der Waals surface area contributed by atoms with Crippen LogP contribution in [0.5, 0.6) is 0 Å². The molecule has 1 atom stereocenters. The molecule has 0 heterocycles. The minimum atomic E-state index is -1.36. The Morgan fingerprint density at radius 3 is 2.73 bits per heavy atom. The summed E-state index contributed by atoms with van der Waals surface area (Å²) in [5.74, 6) is 0. The second kappa shape index (κ2) is 4.14. The van der Waals surface area contributed by atoms with Gasteiger partial charge in [-0.1, -0.05) is 11.6 Å². The van der Waals surface area contributed by atoms with Gasteiger partial charge in [-0.2, -0.15) is 0 Å². The number of nitro benzene ring substituents is 1. The Morgan fingerprint density at radius 1 is 1.67 bits per heavy atom. The van der Waals surface area contributed by atoms with Crippen molar-refractivity contribution in [2.24, 2.45) is 5.73 Å².